The number of hydrogen-bond donors (Lipinski definition) is 0. The molecule has 0 spiro atoms. The Morgan fingerprint density at radius 1 is 1.17 bits per heavy atom. The number of rotatable bonds is 7. The van der Waals surface area contributed by atoms with E-state index in [4.69, 9.17) is 4.74 Å². The lowest BCUT2D eigenvalue weighted by Crippen LogP contribution is -2.56. The molecule has 1 aromatic rings. The minimum Gasteiger partial charge on any atom is -0.385 e. The fourth-order valence-corrected chi connectivity index (χ4v) is 4.23. The first kappa shape index (κ1) is 17.4. The molecule has 3 rings (SSSR count). The molecule has 2 aliphatic heterocycles. The average Bonchev–Trinajstić information content (AvgIpc) is 2.63. The van der Waals surface area contributed by atoms with Crippen LogP contribution in [0.25, 0.3) is 0 Å². The first-order valence-corrected chi connectivity index (χ1v) is 9.32. The summed E-state index contributed by atoms with van der Waals surface area (Å²) in [6.07, 6.45) is 4.98. The van der Waals surface area contributed by atoms with E-state index >= 15 is 0 Å². The summed E-state index contributed by atoms with van der Waals surface area (Å²) in [4.78, 5) is 17.1. The molecule has 2 saturated heterocycles. The number of fused-ring (bicyclic) bond motifs is 1. The van der Waals surface area contributed by atoms with Gasteiger partial charge in [-0.05, 0) is 37.2 Å². The van der Waals surface area contributed by atoms with Gasteiger partial charge in [0.25, 0.3) is 0 Å². The molecule has 2 aliphatic rings. The number of ether oxygens (including phenoxy) is 1. The van der Waals surface area contributed by atoms with Crippen LogP contribution >= 0.6 is 0 Å². The quantitative estimate of drug-likeness (QED) is 0.721. The molecule has 0 radical (unpaired) electrons. The summed E-state index contributed by atoms with van der Waals surface area (Å²) in [5.41, 5.74) is 1.42. The molecular weight excluding hydrogens is 300 g/mol. The van der Waals surface area contributed by atoms with Crippen molar-refractivity contribution in [1.29, 1.82) is 0 Å². The van der Waals surface area contributed by atoms with E-state index in [0.717, 1.165) is 64.9 Å². The van der Waals surface area contributed by atoms with E-state index in [1.54, 1.807) is 7.11 Å². The van der Waals surface area contributed by atoms with Crippen molar-refractivity contribution in [1.82, 2.24) is 9.80 Å². The van der Waals surface area contributed by atoms with Gasteiger partial charge in [-0.15, -0.1) is 0 Å². The molecule has 1 aromatic carbocycles. The number of hydrogen-bond acceptors (Lipinski definition) is 3. The van der Waals surface area contributed by atoms with Gasteiger partial charge in [-0.2, -0.15) is 0 Å². The van der Waals surface area contributed by atoms with E-state index < -0.39 is 0 Å². The van der Waals surface area contributed by atoms with Crippen molar-refractivity contribution in [3.8, 4) is 0 Å². The highest BCUT2D eigenvalue weighted by Gasteiger charge is 2.38. The number of carbonyl (C=O) groups excluding carboxylic acids is 1. The van der Waals surface area contributed by atoms with Crippen molar-refractivity contribution in [2.45, 2.75) is 38.1 Å². The molecule has 2 heterocycles. The molecule has 132 valence electrons. The molecule has 0 unspecified atom stereocenters. The summed E-state index contributed by atoms with van der Waals surface area (Å²) in [6, 6.07) is 11.2. The van der Waals surface area contributed by atoms with Gasteiger partial charge in [-0.1, -0.05) is 30.3 Å². The third kappa shape index (κ3) is 4.37. The van der Waals surface area contributed by atoms with Gasteiger partial charge in [-0.3, -0.25) is 4.79 Å². The van der Waals surface area contributed by atoms with E-state index in [2.05, 4.69) is 40.1 Å². The fourth-order valence-electron chi connectivity index (χ4n) is 4.23. The molecule has 0 aromatic heterocycles. The summed E-state index contributed by atoms with van der Waals surface area (Å²) in [7, 11) is 1.73. The molecule has 1 amide bonds. The molecule has 24 heavy (non-hydrogen) atoms. The number of methoxy groups -OCH3 is 1. The number of likely N-dealkylation sites (tertiary alicyclic amines) is 2. The second kappa shape index (κ2) is 8.63. The van der Waals surface area contributed by atoms with E-state index in [9.17, 15) is 4.79 Å². The smallest absolute Gasteiger partial charge is 0.222 e. The highest BCUT2D eigenvalue weighted by atomic mass is 16.5. The topological polar surface area (TPSA) is 32.8 Å². The Morgan fingerprint density at radius 3 is 2.79 bits per heavy atom. The molecule has 0 aliphatic carbocycles. The molecule has 0 N–H and O–H groups in total. The summed E-state index contributed by atoms with van der Waals surface area (Å²) in [5, 5.41) is 0. The molecule has 0 saturated carbocycles. The number of benzene rings is 1. The minimum atomic E-state index is 0.352. The number of carbonyl (C=O) groups is 1. The van der Waals surface area contributed by atoms with Gasteiger partial charge in [0, 0.05) is 52.4 Å². The summed E-state index contributed by atoms with van der Waals surface area (Å²) in [5.74, 6) is 1.000. The van der Waals surface area contributed by atoms with Crippen LogP contribution in [0.2, 0.25) is 0 Å². The maximum absolute atomic E-state index is 12.3. The predicted molar refractivity (Wildman–Crippen MR) is 95.9 cm³/mol. The fraction of sp³-hybridized carbons (Fsp3) is 0.650. The molecule has 0 bridgehead atoms. The normalized spacial score (nSPS) is 24.9. The van der Waals surface area contributed by atoms with Crippen LogP contribution in [0.5, 0.6) is 0 Å². The van der Waals surface area contributed by atoms with Gasteiger partial charge < -0.3 is 14.5 Å². The molecule has 2 atom stereocenters. The van der Waals surface area contributed by atoms with Crippen LogP contribution in [0.4, 0.5) is 0 Å². The van der Waals surface area contributed by atoms with Gasteiger partial charge in [0.2, 0.25) is 5.91 Å². The van der Waals surface area contributed by atoms with Gasteiger partial charge in [0.15, 0.2) is 0 Å². The second-order valence-corrected chi connectivity index (χ2v) is 7.12. The number of nitrogens with zero attached hydrogens (tertiary/aromatic N) is 2. The Hall–Kier alpha value is -1.39. The van der Waals surface area contributed by atoms with Gasteiger partial charge in [-0.25, -0.2) is 0 Å². The van der Waals surface area contributed by atoms with Crippen LogP contribution in [-0.2, 0) is 16.0 Å². The molecule has 4 heteroatoms. The van der Waals surface area contributed by atoms with E-state index in [0.29, 0.717) is 17.9 Å². The zero-order chi connectivity index (χ0) is 16.8. The van der Waals surface area contributed by atoms with Crippen molar-refractivity contribution >= 4 is 5.91 Å². The summed E-state index contributed by atoms with van der Waals surface area (Å²) in [6.45, 7) is 4.99. The zero-order valence-corrected chi connectivity index (χ0v) is 14.8. The Balaban J connectivity index is 1.51. The average molecular weight is 330 g/mol. The SMILES string of the molecule is COCCCN1C(=O)CC[C@H]2CN(CCc3ccccc3)CC[C@H]21. The zero-order valence-electron chi connectivity index (χ0n) is 14.8. The lowest BCUT2D eigenvalue weighted by Gasteiger charge is -2.47. The first-order chi connectivity index (χ1) is 11.8. The molecule has 4 nitrogen and oxygen atoms in total. The molecule has 2 fully saturated rings. The maximum Gasteiger partial charge on any atom is 0.222 e. The number of amides is 1. The van der Waals surface area contributed by atoms with Crippen LogP contribution < -0.4 is 0 Å². The lowest BCUT2D eigenvalue weighted by molar-refractivity contribution is -0.141. The van der Waals surface area contributed by atoms with Crippen molar-refractivity contribution in [2.24, 2.45) is 5.92 Å². The van der Waals surface area contributed by atoms with Crippen LogP contribution in [0.3, 0.4) is 0 Å². The number of piperidine rings is 2. The largest absolute Gasteiger partial charge is 0.385 e. The second-order valence-electron chi connectivity index (χ2n) is 7.12. The van der Waals surface area contributed by atoms with E-state index in [-0.39, 0.29) is 0 Å². The van der Waals surface area contributed by atoms with Gasteiger partial charge in [0.1, 0.15) is 0 Å². The Kier molecular flexibility index (Phi) is 6.27. The van der Waals surface area contributed by atoms with E-state index in [1.165, 1.54) is 5.56 Å². The highest BCUT2D eigenvalue weighted by Crippen LogP contribution is 2.31. The van der Waals surface area contributed by atoms with Crippen molar-refractivity contribution < 1.29 is 9.53 Å². The standard InChI is InChI=1S/C20H30N2O2/c1-24-15-5-12-22-19-11-14-21(16-18(19)8-9-20(22)23)13-10-17-6-3-2-4-7-17/h2-4,6-7,18-19H,5,8-16H2,1H3/t18-,19+/m0/s1. The Bertz CT molecular complexity index is 520. The van der Waals surface area contributed by atoms with Crippen molar-refractivity contribution in [3.05, 3.63) is 35.9 Å². The summed E-state index contributed by atoms with van der Waals surface area (Å²) < 4.78 is 5.15. The van der Waals surface area contributed by atoms with Gasteiger partial charge in [0.05, 0.1) is 0 Å². The van der Waals surface area contributed by atoms with Gasteiger partial charge >= 0.3 is 0 Å². The van der Waals surface area contributed by atoms with Crippen LogP contribution in [0.15, 0.2) is 30.3 Å². The third-order valence-corrected chi connectivity index (χ3v) is 5.53. The van der Waals surface area contributed by atoms with Crippen molar-refractivity contribution in [3.63, 3.8) is 0 Å². The Labute approximate surface area is 145 Å². The van der Waals surface area contributed by atoms with E-state index in [1.807, 2.05) is 0 Å². The lowest BCUT2D eigenvalue weighted by atomic mass is 9.83. The highest BCUT2D eigenvalue weighted by molar-refractivity contribution is 5.77. The Morgan fingerprint density at radius 2 is 2.00 bits per heavy atom. The van der Waals surface area contributed by atoms with Crippen LogP contribution in [-0.4, -0.2) is 61.6 Å². The minimum absolute atomic E-state index is 0.352. The first-order valence-electron chi connectivity index (χ1n) is 9.32. The third-order valence-electron chi connectivity index (χ3n) is 5.53. The van der Waals surface area contributed by atoms with Crippen molar-refractivity contribution in [2.75, 3.05) is 39.9 Å². The van der Waals surface area contributed by atoms with Crippen LogP contribution in [0, 0.1) is 5.92 Å². The summed E-state index contributed by atoms with van der Waals surface area (Å²) >= 11 is 0. The molecular formula is C20H30N2O2. The maximum atomic E-state index is 12.3. The van der Waals surface area contributed by atoms with Crippen LogP contribution in [0.1, 0.15) is 31.2 Å². The monoisotopic (exact) mass is 330 g/mol. The predicted octanol–water partition coefficient (Wildman–Crippen LogP) is 2.58.